The minimum atomic E-state index is 0.583. The molecule has 0 amide bonds. The Morgan fingerprint density at radius 1 is 1.19 bits per heavy atom. The Kier molecular flexibility index (Phi) is 4.27. The molecule has 1 N–H and O–H groups in total. The van der Waals surface area contributed by atoms with Gasteiger partial charge in [0.15, 0.2) is 11.5 Å². The number of fused-ring (bicyclic) bond motifs is 1. The molecular formula is C16H15BrClNO2. The number of anilines is 1. The number of benzene rings is 2. The van der Waals surface area contributed by atoms with E-state index in [4.69, 9.17) is 21.1 Å². The lowest BCUT2D eigenvalue weighted by Gasteiger charge is -2.20. The van der Waals surface area contributed by atoms with E-state index in [9.17, 15) is 0 Å². The van der Waals surface area contributed by atoms with Gasteiger partial charge < -0.3 is 14.8 Å². The van der Waals surface area contributed by atoms with Crippen LogP contribution in [0.2, 0.25) is 5.02 Å². The summed E-state index contributed by atoms with van der Waals surface area (Å²) >= 11 is 9.75. The second-order valence-corrected chi connectivity index (χ2v) is 6.20. The summed E-state index contributed by atoms with van der Waals surface area (Å²) in [6.07, 6.45) is 0. The molecule has 3 rings (SSSR count). The largest absolute Gasteiger partial charge is 0.486 e. The highest BCUT2D eigenvalue weighted by molar-refractivity contribution is 9.10. The molecule has 1 aliphatic heterocycles. The van der Waals surface area contributed by atoms with Crippen LogP contribution in [0, 0.1) is 6.92 Å². The Balaban J connectivity index is 1.77. The van der Waals surface area contributed by atoms with E-state index in [-0.39, 0.29) is 0 Å². The SMILES string of the molecule is Cc1ccc(NCc2cc(Br)c3c(c2)OCCO3)c(Cl)c1. The first kappa shape index (κ1) is 14.5. The van der Waals surface area contributed by atoms with Crippen LogP contribution in [0.4, 0.5) is 5.69 Å². The summed E-state index contributed by atoms with van der Waals surface area (Å²) in [5, 5.41) is 4.07. The molecule has 1 aliphatic rings. The summed E-state index contributed by atoms with van der Waals surface area (Å²) in [4.78, 5) is 0. The van der Waals surface area contributed by atoms with Gasteiger partial charge in [-0.15, -0.1) is 0 Å². The first-order chi connectivity index (χ1) is 10.1. The number of hydrogen-bond acceptors (Lipinski definition) is 3. The molecule has 0 radical (unpaired) electrons. The van der Waals surface area contributed by atoms with Crippen LogP contribution in [-0.2, 0) is 6.54 Å². The van der Waals surface area contributed by atoms with Crippen molar-refractivity contribution in [1.82, 2.24) is 0 Å². The average Bonchev–Trinajstić information content (AvgIpc) is 2.46. The van der Waals surface area contributed by atoms with Crippen LogP contribution < -0.4 is 14.8 Å². The highest BCUT2D eigenvalue weighted by Crippen LogP contribution is 2.38. The zero-order chi connectivity index (χ0) is 14.8. The third kappa shape index (κ3) is 3.27. The minimum Gasteiger partial charge on any atom is -0.486 e. The fourth-order valence-electron chi connectivity index (χ4n) is 2.23. The average molecular weight is 369 g/mol. The quantitative estimate of drug-likeness (QED) is 0.844. The van der Waals surface area contributed by atoms with Crippen molar-refractivity contribution in [3.8, 4) is 11.5 Å². The molecule has 3 nitrogen and oxygen atoms in total. The maximum absolute atomic E-state index is 6.23. The van der Waals surface area contributed by atoms with E-state index < -0.39 is 0 Å². The van der Waals surface area contributed by atoms with E-state index in [1.807, 2.05) is 37.3 Å². The van der Waals surface area contributed by atoms with Gasteiger partial charge in [0.25, 0.3) is 0 Å². The van der Waals surface area contributed by atoms with E-state index in [1.165, 1.54) is 0 Å². The standard InChI is InChI=1S/C16H15BrClNO2/c1-10-2-3-14(13(18)6-10)19-9-11-7-12(17)16-15(8-11)20-4-5-21-16/h2-3,6-8,19H,4-5,9H2,1H3. The van der Waals surface area contributed by atoms with Crippen molar-refractivity contribution >= 4 is 33.2 Å². The molecule has 5 heteroatoms. The summed E-state index contributed by atoms with van der Waals surface area (Å²) < 4.78 is 12.1. The smallest absolute Gasteiger partial charge is 0.175 e. The fourth-order valence-corrected chi connectivity index (χ4v) is 3.13. The predicted molar refractivity (Wildman–Crippen MR) is 88.6 cm³/mol. The van der Waals surface area contributed by atoms with Gasteiger partial charge in [-0.3, -0.25) is 0 Å². The highest BCUT2D eigenvalue weighted by atomic mass is 79.9. The summed E-state index contributed by atoms with van der Waals surface area (Å²) in [6, 6.07) is 10.00. The Labute approximate surface area is 137 Å². The fraction of sp³-hybridized carbons (Fsp3) is 0.250. The Morgan fingerprint density at radius 2 is 2.00 bits per heavy atom. The summed E-state index contributed by atoms with van der Waals surface area (Å²) in [7, 11) is 0. The number of rotatable bonds is 3. The summed E-state index contributed by atoms with van der Waals surface area (Å²) in [5.41, 5.74) is 3.17. The molecule has 0 saturated carbocycles. The topological polar surface area (TPSA) is 30.5 Å². The normalized spacial score (nSPS) is 13.1. The van der Waals surface area contributed by atoms with E-state index in [1.54, 1.807) is 0 Å². The van der Waals surface area contributed by atoms with Crippen LogP contribution in [0.5, 0.6) is 11.5 Å². The third-order valence-electron chi connectivity index (χ3n) is 3.26. The van der Waals surface area contributed by atoms with Crippen molar-refractivity contribution in [3.05, 3.63) is 51.0 Å². The monoisotopic (exact) mass is 367 g/mol. The van der Waals surface area contributed by atoms with E-state index in [2.05, 4.69) is 21.2 Å². The molecule has 1 heterocycles. The maximum Gasteiger partial charge on any atom is 0.175 e. The molecule has 2 aromatic carbocycles. The summed E-state index contributed by atoms with van der Waals surface area (Å²) in [5.74, 6) is 1.56. The van der Waals surface area contributed by atoms with Crippen LogP contribution in [-0.4, -0.2) is 13.2 Å². The van der Waals surface area contributed by atoms with Crippen LogP contribution in [0.15, 0.2) is 34.8 Å². The first-order valence-corrected chi connectivity index (χ1v) is 7.88. The Morgan fingerprint density at radius 3 is 2.81 bits per heavy atom. The number of hydrogen-bond donors (Lipinski definition) is 1. The van der Waals surface area contributed by atoms with Crippen molar-refractivity contribution < 1.29 is 9.47 Å². The van der Waals surface area contributed by atoms with Gasteiger partial charge in [0, 0.05) is 6.54 Å². The third-order valence-corrected chi connectivity index (χ3v) is 4.17. The van der Waals surface area contributed by atoms with Gasteiger partial charge in [-0.25, -0.2) is 0 Å². The van der Waals surface area contributed by atoms with Crippen molar-refractivity contribution in [2.75, 3.05) is 18.5 Å². The van der Waals surface area contributed by atoms with Crippen molar-refractivity contribution in [2.45, 2.75) is 13.5 Å². The second-order valence-electron chi connectivity index (χ2n) is 4.94. The van der Waals surface area contributed by atoms with Crippen molar-refractivity contribution in [1.29, 1.82) is 0 Å². The maximum atomic E-state index is 6.23. The molecule has 0 bridgehead atoms. The van der Waals surface area contributed by atoms with E-state index >= 15 is 0 Å². The van der Waals surface area contributed by atoms with E-state index in [0.29, 0.717) is 19.8 Å². The number of nitrogens with one attached hydrogen (secondary N) is 1. The van der Waals surface area contributed by atoms with Crippen molar-refractivity contribution in [3.63, 3.8) is 0 Å². The molecule has 0 fully saturated rings. The molecule has 0 aliphatic carbocycles. The highest BCUT2D eigenvalue weighted by Gasteiger charge is 2.16. The molecule has 0 aromatic heterocycles. The van der Waals surface area contributed by atoms with Gasteiger partial charge in [-0.05, 0) is 58.2 Å². The molecule has 2 aromatic rings. The molecule has 0 saturated heterocycles. The lowest BCUT2D eigenvalue weighted by atomic mass is 10.1. The van der Waals surface area contributed by atoms with Crippen molar-refractivity contribution in [2.24, 2.45) is 0 Å². The lowest BCUT2D eigenvalue weighted by Crippen LogP contribution is -2.16. The minimum absolute atomic E-state index is 0.583. The molecular weight excluding hydrogens is 354 g/mol. The molecule has 21 heavy (non-hydrogen) atoms. The number of ether oxygens (including phenoxy) is 2. The zero-order valence-electron chi connectivity index (χ0n) is 11.6. The van der Waals surface area contributed by atoms with Gasteiger partial charge in [0.05, 0.1) is 15.2 Å². The van der Waals surface area contributed by atoms with Crippen LogP contribution in [0.25, 0.3) is 0 Å². The lowest BCUT2D eigenvalue weighted by molar-refractivity contribution is 0.170. The van der Waals surface area contributed by atoms with Gasteiger partial charge in [0.2, 0.25) is 0 Å². The zero-order valence-corrected chi connectivity index (χ0v) is 13.9. The van der Waals surface area contributed by atoms with Crippen LogP contribution in [0.1, 0.15) is 11.1 Å². The Hall–Kier alpha value is -1.39. The number of aryl methyl sites for hydroxylation is 1. The first-order valence-electron chi connectivity index (χ1n) is 6.71. The molecule has 0 spiro atoms. The molecule has 110 valence electrons. The van der Waals surface area contributed by atoms with Gasteiger partial charge in [-0.2, -0.15) is 0 Å². The van der Waals surface area contributed by atoms with Gasteiger partial charge >= 0.3 is 0 Å². The van der Waals surface area contributed by atoms with Gasteiger partial charge in [0.1, 0.15) is 13.2 Å². The molecule has 0 unspecified atom stereocenters. The predicted octanol–water partition coefficient (Wildman–Crippen LogP) is 4.79. The summed E-state index contributed by atoms with van der Waals surface area (Å²) in [6.45, 7) is 3.86. The van der Waals surface area contributed by atoms with Gasteiger partial charge in [-0.1, -0.05) is 17.7 Å². The van der Waals surface area contributed by atoms with E-state index in [0.717, 1.165) is 37.8 Å². The van der Waals surface area contributed by atoms with Crippen LogP contribution >= 0.6 is 27.5 Å². The van der Waals surface area contributed by atoms with Crippen LogP contribution in [0.3, 0.4) is 0 Å². The number of halogens is 2. The molecule has 0 atom stereocenters. The Bertz CT molecular complexity index is 676. The second kappa shape index (κ2) is 6.16.